The van der Waals surface area contributed by atoms with E-state index in [1.807, 2.05) is 37.4 Å². The molecule has 0 radical (unpaired) electrons. The van der Waals surface area contributed by atoms with Crippen LogP contribution in [-0.2, 0) is 11.3 Å². The zero-order valence-corrected chi connectivity index (χ0v) is 15.5. The van der Waals surface area contributed by atoms with Gasteiger partial charge in [-0.2, -0.15) is 5.10 Å². The van der Waals surface area contributed by atoms with Gasteiger partial charge in [0.25, 0.3) is 0 Å². The summed E-state index contributed by atoms with van der Waals surface area (Å²) in [5.74, 6) is 2.06. The maximum atomic E-state index is 12.4. The molecule has 9 nitrogen and oxygen atoms in total. The summed E-state index contributed by atoms with van der Waals surface area (Å²) >= 11 is 0. The van der Waals surface area contributed by atoms with Crippen LogP contribution in [-0.4, -0.2) is 50.3 Å². The van der Waals surface area contributed by atoms with E-state index >= 15 is 0 Å². The Bertz CT molecular complexity index is 922. The molecule has 1 N–H and O–H groups in total. The van der Waals surface area contributed by atoms with Crippen LogP contribution >= 0.6 is 0 Å². The van der Waals surface area contributed by atoms with Crippen LogP contribution in [0.5, 0.6) is 5.88 Å². The fraction of sp³-hybridized carbons (Fsp3) is 0.316. The smallest absolute Gasteiger partial charge is 0.226 e. The number of amides is 1. The van der Waals surface area contributed by atoms with Crippen LogP contribution in [0.4, 0.5) is 5.82 Å². The summed E-state index contributed by atoms with van der Waals surface area (Å²) in [5.41, 5.74) is 0.938. The van der Waals surface area contributed by atoms with Crippen LogP contribution < -0.4 is 15.0 Å². The lowest BCUT2D eigenvalue weighted by Gasteiger charge is -2.39. The van der Waals surface area contributed by atoms with E-state index in [2.05, 4.69) is 30.3 Å². The molecule has 0 aromatic carbocycles. The van der Waals surface area contributed by atoms with Crippen molar-refractivity contribution in [2.75, 3.05) is 24.6 Å². The lowest BCUT2D eigenvalue weighted by molar-refractivity contribution is -0.125. The Morgan fingerprint density at radius 2 is 2.11 bits per heavy atom. The van der Waals surface area contributed by atoms with Gasteiger partial charge >= 0.3 is 0 Å². The Morgan fingerprint density at radius 1 is 1.25 bits per heavy atom. The van der Waals surface area contributed by atoms with E-state index in [-0.39, 0.29) is 11.8 Å². The molecule has 3 aromatic rings. The highest BCUT2D eigenvalue weighted by molar-refractivity contribution is 5.81. The summed E-state index contributed by atoms with van der Waals surface area (Å²) in [4.78, 5) is 27.2. The molecule has 0 saturated carbocycles. The third kappa shape index (κ3) is 3.93. The van der Waals surface area contributed by atoms with Crippen molar-refractivity contribution in [2.45, 2.75) is 13.5 Å². The minimum Gasteiger partial charge on any atom is -0.478 e. The molecule has 0 aliphatic carbocycles. The Morgan fingerprint density at radius 3 is 2.82 bits per heavy atom. The van der Waals surface area contributed by atoms with Crippen molar-refractivity contribution in [3.63, 3.8) is 0 Å². The molecular formula is C19H21N7O2. The van der Waals surface area contributed by atoms with Crippen LogP contribution in [0.2, 0.25) is 0 Å². The molecule has 1 saturated heterocycles. The van der Waals surface area contributed by atoms with Crippen molar-refractivity contribution >= 4 is 11.7 Å². The molecular weight excluding hydrogens is 358 g/mol. The van der Waals surface area contributed by atoms with Crippen LogP contribution in [0, 0.1) is 5.92 Å². The number of carbonyl (C=O) groups excluding carboxylic acids is 1. The average Bonchev–Trinajstić information content (AvgIpc) is 3.22. The summed E-state index contributed by atoms with van der Waals surface area (Å²) in [5, 5.41) is 7.14. The fourth-order valence-electron chi connectivity index (χ4n) is 2.95. The number of ether oxygens (including phenoxy) is 1. The van der Waals surface area contributed by atoms with Gasteiger partial charge in [-0.05, 0) is 18.6 Å². The quantitative estimate of drug-likeness (QED) is 0.659. The zero-order chi connectivity index (χ0) is 19.3. The third-order valence-corrected chi connectivity index (χ3v) is 4.51. The average molecular weight is 379 g/mol. The molecule has 0 atom stereocenters. The van der Waals surface area contributed by atoms with E-state index in [4.69, 9.17) is 4.74 Å². The molecule has 1 aliphatic rings. The van der Waals surface area contributed by atoms with Crippen molar-refractivity contribution < 1.29 is 9.53 Å². The predicted octanol–water partition coefficient (Wildman–Crippen LogP) is 1.21. The van der Waals surface area contributed by atoms with Crippen LogP contribution in [0.25, 0.3) is 5.82 Å². The molecule has 0 bridgehead atoms. The zero-order valence-electron chi connectivity index (χ0n) is 15.5. The number of carbonyl (C=O) groups is 1. The first kappa shape index (κ1) is 17.9. The maximum Gasteiger partial charge on any atom is 0.226 e. The number of aromatic nitrogens is 5. The topological polar surface area (TPSA) is 98.1 Å². The molecule has 144 valence electrons. The van der Waals surface area contributed by atoms with Crippen molar-refractivity contribution in [1.29, 1.82) is 0 Å². The minimum atomic E-state index is -0.0567. The Kier molecular flexibility index (Phi) is 5.14. The SMILES string of the molecule is CCOc1ccc(CNC(=O)C2CN(c3cc(-n4cccn4)ncn3)C2)cn1. The van der Waals surface area contributed by atoms with Crippen LogP contribution in [0.15, 0.2) is 49.2 Å². The predicted molar refractivity (Wildman–Crippen MR) is 102 cm³/mol. The van der Waals surface area contributed by atoms with Crippen LogP contribution in [0.3, 0.4) is 0 Å². The van der Waals surface area contributed by atoms with Crippen molar-refractivity contribution in [3.05, 3.63) is 54.7 Å². The van der Waals surface area contributed by atoms with Crippen molar-refractivity contribution in [3.8, 4) is 11.7 Å². The highest BCUT2D eigenvalue weighted by atomic mass is 16.5. The van der Waals surface area contributed by atoms with Gasteiger partial charge in [-0.25, -0.2) is 19.6 Å². The summed E-state index contributed by atoms with van der Waals surface area (Å²) in [7, 11) is 0. The van der Waals surface area contributed by atoms with Crippen LogP contribution in [0.1, 0.15) is 12.5 Å². The second-order valence-electron chi connectivity index (χ2n) is 6.44. The molecule has 1 fully saturated rings. The first-order chi connectivity index (χ1) is 13.7. The van der Waals surface area contributed by atoms with Gasteiger partial charge in [0.15, 0.2) is 5.82 Å². The third-order valence-electron chi connectivity index (χ3n) is 4.51. The van der Waals surface area contributed by atoms with Crippen molar-refractivity contribution in [1.82, 2.24) is 30.0 Å². The standard InChI is InChI=1S/C19H21N7O2/c1-2-28-18-5-4-14(9-20-18)10-21-19(27)15-11-25(12-15)16-8-17(23-13-22-16)26-7-3-6-24-26/h3-9,13,15H,2,10-12H2,1H3,(H,21,27). The van der Waals surface area contributed by atoms with Gasteiger partial charge in [-0.15, -0.1) is 0 Å². The second-order valence-corrected chi connectivity index (χ2v) is 6.44. The monoisotopic (exact) mass is 379 g/mol. The Balaban J connectivity index is 1.28. The van der Waals surface area contributed by atoms with E-state index in [0.717, 1.165) is 11.4 Å². The number of hydrogen-bond donors (Lipinski definition) is 1. The number of hydrogen-bond acceptors (Lipinski definition) is 7. The van der Waals surface area contributed by atoms with E-state index in [1.54, 1.807) is 17.1 Å². The first-order valence-electron chi connectivity index (χ1n) is 9.15. The Hall–Kier alpha value is -3.49. The van der Waals surface area contributed by atoms with Gasteiger partial charge in [0.2, 0.25) is 11.8 Å². The van der Waals surface area contributed by atoms with E-state index in [0.29, 0.717) is 37.9 Å². The molecule has 4 rings (SSSR count). The summed E-state index contributed by atoms with van der Waals surface area (Å²) < 4.78 is 7.00. The largest absolute Gasteiger partial charge is 0.478 e. The molecule has 0 spiro atoms. The number of rotatable bonds is 7. The number of anilines is 1. The lowest BCUT2D eigenvalue weighted by atomic mass is 9.99. The molecule has 28 heavy (non-hydrogen) atoms. The van der Waals surface area contributed by atoms with Gasteiger partial charge in [0, 0.05) is 50.4 Å². The van der Waals surface area contributed by atoms with E-state index in [9.17, 15) is 4.79 Å². The second kappa shape index (κ2) is 8.03. The minimum absolute atomic E-state index is 0.0338. The van der Waals surface area contributed by atoms with Gasteiger partial charge in [-0.1, -0.05) is 6.07 Å². The molecule has 3 aromatic heterocycles. The number of nitrogens with zero attached hydrogens (tertiary/aromatic N) is 6. The summed E-state index contributed by atoms with van der Waals surface area (Å²) in [6, 6.07) is 7.42. The highest BCUT2D eigenvalue weighted by Crippen LogP contribution is 2.23. The van der Waals surface area contributed by atoms with Gasteiger partial charge in [0.05, 0.1) is 12.5 Å². The van der Waals surface area contributed by atoms with E-state index < -0.39 is 0 Å². The normalized spacial score (nSPS) is 13.8. The summed E-state index contributed by atoms with van der Waals surface area (Å²) in [6.07, 6.45) is 6.76. The molecule has 1 aliphatic heterocycles. The van der Waals surface area contributed by atoms with E-state index in [1.165, 1.54) is 6.33 Å². The lowest BCUT2D eigenvalue weighted by Crippen LogP contribution is -2.54. The van der Waals surface area contributed by atoms with Gasteiger partial charge < -0.3 is 15.0 Å². The number of nitrogens with one attached hydrogen (secondary N) is 1. The number of pyridine rings is 1. The molecule has 0 unspecified atom stereocenters. The molecule has 4 heterocycles. The summed E-state index contributed by atoms with van der Waals surface area (Å²) in [6.45, 7) is 4.20. The Labute approximate surface area is 162 Å². The highest BCUT2D eigenvalue weighted by Gasteiger charge is 2.33. The first-order valence-corrected chi connectivity index (χ1v) is 9.15. The molecule has 1 amide bonds. The molecule has 9 heteroatoms. The fourth-order valence-corrected chi connectivity index (χ4v) is 2.95. The van der Waals surface area contributed by atoms with Crippen molar-refractivity contribution in [2.24, 2.45) is 5.92 Å². The maximum absolute atomic E-state index is 12.4. The van der Waals surface area contributed by atoms with Gasteiger partial charge in [-0.3, -0.25) is 4.79 Å². The van der Waals surface area contributed by atoms with Gasteiger partial charge in [0.1, 0.15) is 12.1 Å².